The fourth-order valence-corrected chi connectivity index (χ4v) is 2.75. The second kappa shape index (κ2) is 12.1. The first-order valence-electron chi connectivity index (χ1n) is 10.0. The number of ether oxygens (including phenoxy) is 1. The number of amides is 3. The number of nitrogens with zero attached hydrogens (tertiary/aromatic N) is 1. The Morgan fingerprint density at radius 1 is 0.871 bits per heavy atom. The SMILES string of the molecule is CCCNC(=O)CNC(=O)COC(=O)c1ccccc1C(=O)N(C)Cc1ccccc1. The molecule has 3 amide bonds. The summed E-state index contributed by atoms with van der Waals surface area (Å²) in [6.07, 6.45) is 0.788. The van der Waals surface area contributed by atoms with Crippen LogP contribution >= 0.6 is 0 Å². The molecule has 0 aromatic heterocycles. The zero-order chi connectivity index (χ0) is 22.6. The summed E-state index contributed by atoms with van der Waals surface area (Å²) in [5, 5.41) is 5.00. The molecule has 2 aromatic carbocycles. The summed E-state index contributed by atoms with van der Waals surface area (Å²) in [6, 6.07) is 15.8. The molecule has 0 unspecified atom stereocenters. The standard InChI is InChI=1S/C23H27N3O5/c1-3-13-24-20(27)14-25-21(28)16-31-23(30)19-12-8-7-11-18(19)22(29)26(2)15-17-9-5-4-6-10-17/h4-12H,3,13-16H2,1-2H3,(H,24,27)(H,25,28). The average Bonchev–Trinajstić information content (AvgIpc) is 2.79. The molecule has 0 spiro atoms. The molecule has 0 radical (unpaired) electrons. The van der Waals surface area contributed by atoms with Crippen molar-refractivity contribution in [2.75, 3.05) is 26.7 Å². The van der Waals surface area contributed by atoms with Gasteiger partial charge in [-0.15, -0.1) is 0 Å². The lowest BCUT2D eigenvalue weighted by Crippen LogP contribution is -2.39. The molecule has 0 heterocycles. The Labute approximate surface area is 181 Å². The van der Waals surface area contributed by atoms with Crippen molar-refractivity contribution in [3.05, 3.63) is 71.3 Å². The fourth-order valence-electron chi connectivity index (χ4n) is 2.75. The van der Waals surface area contributed by atoms with E-state index in [0.29, 0.717) is 13.1 Å². The molecular formula is C23H27N3O5. The fraction of sp³-hybridized carbons (Fsp3) is 0.304. The van der Waals surface area contributed by atoms with Crippen LogP contribution in [0.1, 0.15) is 39.6 Å². The summed E-state index contributed by atoms with van der Waals surface area (Å²) >= 11 is 0. The molecule has 0 fully saturated rings. The maximum absolute atomic E-state index is 12.9. The predicted octanol–water partition coefficient (Wildman–Crippen LogP) is 1.76. The van der Waals surface area contributed by atoms with E-state index in [1.54, 1.807) is 25.2 Å². The average molecular weight is 425 g/mol. The number of nitrogens with one attached hydrogen (secondary N) is 2. The van der Waals surface area contributed by atoms with Crippen LogP contribution < -0.4 is 10.6 Å². The van der Waals surface area contributed by atoms with Gasteiger partial charge < -0.3 is 20.3 Å². The van der Waals surface area contributed by atoms with E-state index in [1.807, 2.05) is 37.3 Å². The Kier molecular flexibility index (Phi) is 9.22. The van der Waals surface area contributed by atoms with Crippen LogP contribution in [-0.4, -0.2) is 55.3 Å². The lowest BCUT2D eigenvalue weighted by Gasteiger charge is -2.19. The van der Waals surface area contributed by atoms with Crippen LogP contribution in [0.25, 0.3) is 0 Å². The topological polar surface area (TPSA) is 105 Å². The third kappa shape index (κ3) is 7.58. The largest absolute Gasteiger partial charge is 0.452 e. The Morgan fingerprint density at radius 2 is 1.52 bits per heavy atom. The lowest BCUT2D eigenvalue weighted by molar-refractivity contribution is -0.127. The van der Waals surface area contributed by atoms with Gasteiger partial charge in [0, 0.05) is 20.1 Å². The number of esters is 1. The summed E-state index contributed by atoms with van der Waals surface area (Å²) in [4.78, 5) is 50.2. The van der Waals surface area contributed by atoms with Gasteiger partial charge in [-0.25, -0.2) is 4.79 Å². The van der Waals surface area contributed by atoms with Gasteiger partial charge in [0.2, 0.25) is 5.91 Å². The maximum Gasteiger partial charge on any atom is 0.339 e. The molecule has 2 aromatic rings. The highest BCUT2D eigenvalue weighted by Gasteiger charge is 2.21. The number of carbonyl (C=O) groups excluding carboxylic acids is 4. The quantitative estimate of drug-likeness (QED) is 0.565. The third-order valence-corrected chi connectivity index (χ3v) is 4.34. The van der Waals surface area contributed by atoms with Crippen molar-refractivity contribution in [2.24, 2.45) is 0 Å². The number of hydrogen-bond donors (Lipinski definition) is 2. The van der Waals surface area contributed by atoms with Gasteiger partial charge >= 0.3 is 5.97 Å². The van der Waals surface area contributed by atoms with Gasteiger partial charge in [0.1, 0.15) is 0 Å². The molecule has 2 N–H and O–H groups in total. The van der Waals surface area contributed by atoms with E-state index >= 15 is 0 Å². The molecule has 0 saturated carbocycles. The van der Waals surface area contributed by atoms with Crippen molar-refractivity contribution in [1.29, 1.82) is 0 Å². The van der Waals surface area contributed by atoms with Gasteiger partial charge in [0.15, 0.2) is 6.61 Å². The second-order valence-corrected chi connectivity index (χ2v) is 6.90. The minimum absolute atomic E-state index is 0.0703. The Bertz CT molecular complexity index is 914. The maximum atomic E-state index is 12.9. The minimum Gasteiger partial charge on any atom is -0.452 e. The first kappa shape index (κ1) is 23.6. The summed E-state index contributed by atoms with van der Waals surface area (Å²) < 4.78 is 5.04. The van der Waals surface area contributed by atoms with E-state index < -0.39 is 18.5 Å². The van der Waals surface area contributed by atoms with Crippen molar-refractivity contribution >= 4 is 23.7 Å². The van der Waals surface area contributed by atoms with Crippen LogP contribution in [-0.2, 0) is 20.9 Å². The van der Waals surface area contributed by atoms with Crippen LogP contribution in [0, 0.1) is 0 Å². The van der Waals surface area contributed by atoms with Gasteiger partial charge in [-0.05, 0) is 24.1 Å². The van der Waals surface area contributed by atoms with Crippen molar-refractivity contribution in [2.45, 2.75) is 19.9 Å². The molecule has 31 heavy (non-hydrogen) atoms. The molecule has 0 bridgehead atoms. The third-order valence-electron chi connectivity index (χ3n) is 4.34. The number of carbonyl (C=O) groups is 4. The van der Waals surface area contributed by atoms with E-state index in [4.69, 9.17) is 4.74 Å². The molecule has 0 aliphatic rings. The lowest BCUT2D eigenvalue weighted by atomic mass is 10.1. The molecule has 0 aliphatic heterocycles. The van der Waals surface area contributed by atoms with E-state index in [0.717, 1.165) is 12.0 Å². The number of hydrogen-bond acceptors (Lipinski definition) is 5. The van der Waals surface area contributed by atoms with Crippen molar-refractivity contribution in [3.8, 4) is 0 Å². The summed E-state index contributed by atoms with van der Waals surface area (Å²) in [5.41, 5.74) is 1.21. The van der Waals surface area contributed by atoms with Crippen LogP contribution in [0.5, 0.6) is 0 Å². The van der Waals surface area contributed by atoms with Crippen LogP contribution in [0.15, 0.2) is 54.6 Å². The molecule has 0 atom stereocenters. The molecule has 164 valence electrons. The van der Waals surface area contributed by atoms with E-state index in [9.17, 15) is 19.2 Å². The highest BCUT2D eigenvalue weighted by atomic mass is 16.5. The number of benzene rings is 2. The smallest absolute Gasteiger partial charge is 0.339 e. The summed E-state index contributed by atoms with van der Waals surface area (Å²) in [7, 11) is 1.65. The highest BCUT2D eigenvalue weighted by molar-refractivity contribution is 6.05. The van der Waals surface area contributed by atoms with Crippen molar-refractivity contribution in [1.82, 2.24) is 15.5 Å². The van der Waals surface area contributed by atoms with Gasteiger partial charge in [0.25, 0.3) is 11.8 Å². The first-order valence-corrected chi connectivity index (χ1v) is 10.0. The predicted molar refractivity (Wildman–Crippen MR) is 115 cm³/mol. The molecule has 0 saturated heterocycles. The zero-order valence-corrected chi connectivity index (χ0v) is 17.7. The van der Waals surface area contributed by atoms with Crippen LogP contribution in [0.3, 0.4) is 0 Å². The Balaban J connectivity index is 1.94. The second-order valence-electron chi connectivity index (χ2n) is 6.90. The van der Waals surface area contributed by atoms with Gasteiger partial charge in [0.05, 0.1) is 17.7 Å². The highest BCUT2D eigenvalue weighted by Crippen LogP contribution is 2.14. The van der Waals surface area contributed by atoms with E-state index in [2.05, 4.69) is 10.6 Å². The monoisotopic (exact) mass is 425 g/mol. The normalized spacial score (nSPS) is 10.1. The summed E-state index contributed by atoms with van der Waals surface area (Å²) in [6.45, 7) is 2.07. The molecule has 8 heteroatoms. The molecule has 2 rings (SSSR count). The summed E-state index contributed by atoms with van der Waals surface area (Å²) in [5.74, 6) is -2.06. The molecule has 8 nitrogen and oxygen atoms in total. The Morgan fingerprint density at radius 3 is 2.19 bits per heavy atom. The van der Waals surface area contributed by atoms with Gasteiger partial charge in [-0.1, -0.05) is 49.4 Å². The van der Waals surface area contributed by atoms with Gasteiger partial charge in [-0.2, -0.15) is 0 Å². The van der Waals surface area contributed by atoms with Crippen molar-refractivity contribution in [3.63, 3.8) is 0 Å². The Hall–Kier alpha value is -3.68. The number of rotatable bonds is 10. The minimum atomic E-state index is -0.789. The molecular weight excluding hydrogens is 398 g/mol. The van der Waals surface area contributed by atoms with Gasteiger partial charge in [-0.3, -0.25) is 14.4 Å². The first-order chi connectivity index (χ1) is 14.9. The van der Waals surface area contributed by atoms with E-state index in [1.165, 1.54) is 11.0 Å². The molecule has 0 aliphatic carbocycles. The zero-order valence-electron chi connectivity index (χ0n) is 17.7. The van der Waals surface area contributed by atoms with Crippen LogP contribution in [0.4, 0.5) is 0 Å². The van der Waals surface area contributed by atoms with E-state index in [-0.39, 0.29) is 29.5 Å². The van der Waals surface area contributed by atoms with Crippen molar-refractivity contribution < 1.29 is 23.9 Å². The van der Waals surface area contributed by atoms with Crippen LogP contribution in [0.2, 0.25) is 0 Å².